The Kier molecular flexibility index (Phi) is 7.85. The van der Waals surface area contributed by atoms with Crippen LogP contribution in [0, 0.1) is 0 Å². The molecule has 0 aliphatic rings. The number of nitrogens with zero attached hydrogens (tertiary/aromatic N) is 2. The SMILES string of the molecule is CCc1ccc(S(=O)(=O)n2ccc3ccccc32)cc1N.CCc1ccc(S(=O)(=O)n2ccc3ccccc32)cc1O. The van der Waals surface area contributed by atoms with E-state index in [1.165, 1.54) is 32.3 Å². The molecule has 0 saturated heterocycles. The van der Waals surface area contributed by atoms with Crippen LogP contribution in [0.3, 0.4) is 0 Å². The molecule has 0 atom stereocenters. The van der Waals surface area contributed by atoms with Crippen molar-refractivity contribution in [3.05, 3.63) is 121 Å². The Hall–Kier alpha value is -4.54. The summed E-state index contributed by atoms with van der Waals surface area (Å²) in [4.78, 5) is 0.289. The zero-order valence-corrected chi connectivity index (χ0v) is 24.8. The van der Waals surface area contributed by atoms with E-state index in [0.717, 1.165) is 28.3 Å². The van der Waals surface area contributed by atoms with Crippen molar-refractivity contribution >= 4 is 47.5 Å². The van der Waals surface area contributed by atoms with Gasteiger partial charge in [-0.05, 0) is 66.4 Å². The van der Waals surface area contributed by atoms with E-state index in [-0.39, 0.29) is 15.5 Å². The van der Waals surface area contributed by atoms with Gasteiger partial charge in [0, 0.05) is 34.9 Å². The molecule has 0 spiro atoms. The maximum atomic E-state index is 12.8. The van der Waals surface area contributed by atoms with E-state index in [0.29, 0.717) is 23.1 Å². The van der Waals surface area contributed by atoms with Crippen molar-refractivity contribution < 1.29 is 21.9 Å². The molecule has 216 valence electrons. The molecule has 0 radical (unpaired) electrons. The Labute approximate surface area is 245 Å². The zero-order chi connectivity index (χ0) is 30.1. The molecule has 3 N–H and O–H groups in total. The standard InChI is InChI=1S/C16H16N2O2S.C16H15NO3S/c1-2-12-7-8-14(11-15(12)17)21(19,20)18-10-9-13-5-3-4-6-16(13)18;1-2-12-7-8-14(11-16(12)18)21(19,20)17-10-9-13-5-3-4-6-15(13)17/h3-11H,2,17H2,1H3;3-11,18H,2H2,1H3. The minimum atomic E-state index is -3.71. The number of nitrogen functional groups attached to an aromatic ring is 1. The summed E-state index contributed by atoms with van der Waals surface area (Å²) < 4.78 is 53.5. The number of anilines is 1. The second kappa shape index (κ2) is 11.4. The van der Waals surface area contributed by atoms with Crippen molar-refractivity contribution in [2.75, 3.05) is 5.73 Å². The fourth-order valence-electron chi connectivity index (χ4n) is 4.82. The first kappa shape index (κ1) is 29.0. The molecule has 2 aromatic heterocycles. The fraction of sp³-hybridized carbons (Fsp3) is 0.125. The normalized spacial score (nSPS) is 11.9. The van der Waals surface area contributed by atoms with E-state index in [1.807, 2.05) is 44.2 Å². The summed E-state index contributed by atoms with van der Waals surface area (Å²) in [7, 11) is -7.35. The molecule has 0 unspecified atom stereocenters. The minimum Gasteiger partial charge on any atom is -0.508 e. The number of benzene rings is 4. The summed E-state index contributed by atoms with van der Waals surface area (Å²) in [6, 6.07) is 27.6. The van der Waals surface area contributed by atoms with Crippen molar-refractivity contribution in [2.24, 2.45) is 0 Å². The number of fused-ring (bicyclic) bond motifs is 2. The summed E-state index contributed by atoms with van der Waals surface area (Å²) >= 11 is 0. The smallest absolute Gasteiger partial charge is 0.268 e. The van der Waals surface area contributed by atoms with Crippen LogP contribution in [0.4, 0.5) is 5.69 Å². The summed E-state index contributed by atoms with van der Waals surface area (Å²) in [5, 5.41) is 11.6. The molecule has 42 heavy (non-hydrogen) atoms. The molecule has 0 aliphatic heterocycles. The Bertz CT molecular complexity index is 1970. The predicted molar refractivity (Wildman–Crippen MR) is 167 cm³/mol. The van der Waals surface area contributed by atoms with Crippen molar-refractivity contribution in [1.82, 2.24) is 7.94 Å². The van der Waals surface area contributed by atoms with Crippen LogP contribution in [-0.4, -0.2) is 29.9 Å². The molecular formula is C32H31N3O5S2. The van der Waals surface area contributed by atoms with Gasteiger partial charge in [-0.2, -0.15) is 0 Å². The number of aromatic hydroxyl groups is 1. The highest BCUT2D eigenvalue weighted by atomic mass is 32.2. The lowest BCUT2D eigenvalue weighted by Crippen LogP contribution is -2.12. The van der Waals surface area contributed by atoms with Gasteiger partial charge >= 0.3 is 0 Å². The van der Waals surface area contributed by atoms with E-state index in [2.05, 4.69) is 0 Å². The molecule has 0 saturated carbocycles. The summed E-state index contributed by atoms with van der Waals surface area (Å²) in [5.41, 5.74) is 9.39. The topological polar surface area (TPSA) is 124 Å². The number of phenolic OH excluding ortho intramolecular Hbond substituents is 1. The van der Waals surface area contributed by atoms with Gasteiger partial charge in [-0.1, -0.05) is 62.4 Å². The fourth-order valence-corrected chi connectivity index (χ4v) is 7.58. The molecular weight excluding hydrogens is 571 g/mol. The highest BCUT2D eigenvalue weighted by molar-refractivity contribution is 7.90. The van der Waals surface area contributed by atoms with Gasteiger partial charge in [-0.15, -0.1) is 0 Å². The van der Waals surface area contributed by atoms with Gasteiger partial charge < -0.3 is 10.8 Å². The molecule has 0 bridgehead atoms. The number of nitrogens with two attached hydrogens (primary N) is 1. The first-order valence-corrected chi connectivity index (χ1v) is 16.3. The largest absolute Gasteiger partial charge is 0.508 e. The molecule has 10 heteroatoms. The van der Waals surface area contributed by atoms with Crippen molar-refractivity contribution in [3.63, 3.8) is 0 Å². The van der Waals surface area contributed by atoms with Gasteiger partial charge in [-0.3, -0.25) is 0 Å². The van der Waals surface area contributed by atoms with Crippen LogP contribution in [-0.2, 0) is 32.9 Å². The molecule has 0 fully saturated rings. The summed E-state index contributed by atoms with van der Waals surface area (Å²) in [6.07, 6.45) is 4.53. The lowest BCUT2D eigenvalue weighted by atomic mass is 10.1. The van der Waals surface area contributed by atoms with Crippen LogP contribution < -0.4 is 5.73 Å². The second-order valence-electron chi connectivity index (χ2n) is 9.71. The van der Waals surface area contributed by atoms with Gasteiger partial charge in [0.25, 0.3) is 20.0 Å². The number of hydrogen-bond donors (Lipinski definition) is 2. The monoisotopic (exact) mass is 601 g/mol. The number of aryl methyl sites for hydroxylation is 2. The lowest BCUT2D eigenvalue weighted by molar-refractivity contribution is 0.466. The molecule has 6 rings (SSSR count). The van der Waals surface area contributed by atoms with Crippen LogP contribution in [0.5, 0.6) is 5.75 Å². The average molecular weight is 602 g/mol. The second-order valence-corrected chi connectivity index (χ2v) is 13.3. The van der Waals surface area contributed by atoms with E-state index >= 15 is 0 Å². The predicted octanol–water partition coefficient (Wildman–Crippen LogP) is 6.17. The van der Waals surface area contributed by atoms with E-state index < -0.39 is 20.0 Å². The Morgan fingerprint density at radius 1 is 0.619 bits per heavy atom. The number of rotatable bonds is 6. The van der Waals surface area contributed by atoms with Crippen molar-refractivity contribution in [3.8, 4) is 5.75 Å². The van der Waals surface area contributed by atoms with Gasteiger partial charge in [0.1, 0.15) is 5.75 Å². The Morgan fingerprint density at radius 2 is 1.07 bits per heavy atom. The maximum absolute atomic E-state index is 12.8. The van der Waals surface area contributed by atoms with Gasteiger partial charge in [0.2, 0.25) is 0 Å². The van der Waals surface area contributed by atoms with Crippen molar-refractivity contribution in [1.29, 1.82) is 0 Å². The highest BCUT2D eigenvalue weighted by Crippen LogP contribution is 2.27. The quantitative estimate of drug-likeness (QED) is 0.220. The lowest BCUT2D eigenvalue weighted by Gasteiger charge is -2.10. The average Bonchev–Trinajstić information content (AvgIpc) is 3.63. The summed E-state index contributed by atoms with van der Waals surface area (Å²) in [5.74, 6) is 0.00929. The third kappa shape index (κ3) is 5.26. The van der Waals surface area contributed by atoms with Gasteiger partial charge in [0.15, 0.2) is 0 Å². The van der Waals surface area contributed by atoms with Crippen LogP contribution >= 0.6 is 0 Å². The first-order valence-electron chi connectivity index (χ1n) is 13.4. The first-order chi connectivity index (χ1) is 20.1. The van der Waals surface area contributed by atoms with E-state index in [4.69, 9.17) is 5.73 Å². The third-order valence-electron chi connectivity index (χ3n) is 7.18. The highest BCUT2D eigenvalue weighted by Gasteiger charge is 2.21. The van der Waals surface area contributed by atoms with Crippen LogP contribution in [0.25, 0.3) is 21.8 Å². The number of phenols is 1. The van der Waals surface area contributed by atoms with Crippen LogP contribution in [0.2, 0.25) is 0 Å². The minimum absolute atomic E-state index is 0.00929. The third-order valence-corrected chi connectivity index (χ3v) is 10.5. The number of aromatic nitrogens is 2. The Balaban J connectivity index is 0.000000168. The molecule has 4 aromatic carbocycles. The maximum Gasteiger partial charge on any atom is 0.268 e. The van der Waals surface area contributed by atoms with Gasteiger partial charge in [0.05, 0.1) is 20.8 Å². The number of para-hydroxylation sites is 2. The summed E-state index contributed by atoms with van der Waals surface area (Å²) in [6.45, 7) is 3.89. The zero-order valence-electron chi connectivity index (χ0n) is 23.2. The van der Waals surface area contributed by atoms with Crippen LogP contribution in [0.15, 0.2) is 119 Å². The van der Waals surface area contributed by atoms with Gasteiger partial charge in [-0.25, -0.2) is 24.8 Å². The number of hydrogen-bond acceptors (Lipinski definition) is 6. The molecule has 0 amide bonds. The molecule has 8 nitrogen and oxygen atoms in total. The Morgan fingerprint density at radius 3 is 1.52 bits per heavy atom. The van der Waals surface area contributed by atoms with E-state index in [1.54, 1.807) is 54.7 Å². The molecule has 6 aromatic rings. The molecule has 2 heterocycles. The van der Waals surface area contributed by atoms with E-state index in [9.17, 15) is 21.9 Å². The van der Waals surface area contributed by atoms with Crippen LogP contribution in [0.1, 0.15) is 25.0 Å². The van der Waals surface area contributed by atoms with Crippen molar-refractivity contribution in [2.45, 2.75) is 36.5 Å². The molecule has 0 aliphatic carbocycles.